The molecule has 2 aliphatic rings. The molecule has 0 spiro atoms. The van der Waals surface area contributed by atoms with Crippen molar-refractivity contribution in [3.8, 4) is 5.75 Å². The third-order valence-electron chi connectivity index (χ3n) is 4.18. The van der Waals surface area contributed by atoms with Gasteiger partial charge in [0.25, 0.3) is 0 Å². The molecule has 0 saturated carbocycles. The average molecular weight is 262 g/mol. The third kappa shape index (κ3) is 2.10. The number of carbonyl (C=O) groups is 1. The number of rotatable bonds is 4. The molecule has 1 fully saturated rings. The molecule has 0 amide bonds. The lowest BCUT2D eigenvalue weighted by Gasteiger charge is -2.43. The van der Waals surface area contributed by atoms with Gasteiger partial charge in [0, 0.05) is 11.8 Å². The van der Waals surface area contributed by atoms with Crippen molar-refractivity contribution in [3.05, 3.63) is 29.3 Å². The van der Waals surface area contributed by atoms with Crippen molar-refractivity contribution < 1.29 is 19.4 Å². The van der Waals surface area contributed by atoms with E-state index in [1.165, 1.54) is 11.1 Å². The van der Waals surface area contributed by atoms with E-state index in [9.17, 15) is 4.79 Å². The molecule has 3 rings (SSSR count). The van der Waals surface area contributed by atoms with Crippen LogP contribution in [-0.4, -0.2) is 30.9 Å². The predicted molar refractivity (Wildman–Crippen MR) is 69.6 cm³/mol. The van der Waals surface area contributed by atoms with E-state index in [2.05, 4.69) is 12.1 Å². The molecule has 102 valence electrons. The van der Waals surface area contributed by atoms with Crippen LogP contribution in [0.25, 0.3) is 0 Å². The molecule has 4 heteroatoms. The molecule has 2 heterocycles. The number of hydrogen-bond donors (Lipinski definition) is 1. The maximum atomic E-state index is 11.1. The molecule has 2 aliphatic heterocycles. The van der Waals surface area contributed by atoms with Crippen LogP contribution in [0.4, 0.5) is 0 Å². The molecule has 1 N–H and O–H groups in total. The minimum absolute atomic E-state index is 0.130. The summed E-state index contributed by atoms with van der Waals surface area (Å²) in [6.45, 7) is 3.74. The third-order valence-corrected chi connectivity index (χ3v) is 4.18. The molecule has 1 unspecified atom stereocenters. The first kappa shape index (κ1) is 12.5. The Morgan fingerprint density at radius 3 is 2.89 bits per heavy atom. The summed E-state index contributed by atoms with van der Waals surface area (Å²) >= 11 is 0. The summed E-state index contributed by atoms with van der Waals surface area (Å²) in [5.41, 5.74) is 2.29. The van der Waals surface area contributed by atoms with E-state index in [1.807, 2.05) is 6.07 Å². The largest absolute Gasteiger partial charge is 0.493 e. The average Bonchev–Trinajstić information content (AvgIpc) is 2.80. The Balaban J connectivity index is 1.87. The van der Waals surface area contributed by atoms with Crippen molar-refractivity contribution in [1.82, 2.24) is 0 Å². The van der Waals surface area contributed by atoms with Gasteiger partial charge in [-0.2, -0.15) is 0 Å². The van der Waals surface area contributed by atoms with Crippen LogP contribution in [-0.2, 0) is 21.4 Å². The Labute approximate surface area is 112 Å². The minimum atomic E-state index is -0.740. The van der Waals surface area contributed by atoms with Gasteiger partial charge in [0.15, 0.2) is 0 Å². The second-order valence-electron chi connectivity index (χ2n) is 5.64. The van der Waals surface area contributed by atoms with Gasteiger partial charge in [0.05, 0.1) is 25.7 Å². The fourth-order valence-electron chi connectivity index (χ4n) is 2.94. The first-order valence-corrected chi connectivity index (χ1v) is 6.67. The van der Waals surface area contributed by atoms with Crippen LogP contribution in [0, 0.1) is 5.92 Å². The molecule has 1 saturated heterocycles. The molecule has 1 aromatic rings. The summed E-state index contributed by atoms with van der Waals surface area (Å²) in [6.07, 6.45) is 1.57. The second kappa shape index (κ2) is 4.53. The molecule has 0 aliphatic carbocycles. The zero-order valence-corrected chi connectivity index (χ0v) is 11.0. The van der Waals surface area contributed by atoms with Gasteiger partial charge in [-0.3, -0.25) is 4.79 Å². The van der Waals surface area contributed by atoms with Gasteiger partial charge < -0.3 is 14.6 Å². The molecule has 0 aromatic heterocycles. The smallest absolute Gasteiger partial charge is 0.306 e. The van der Waals surface area contributed by atoms with Crippen molar-refractivity contribution in [2.75, 3.05) is 19.8 Å². The number of carboxylic acids is 1. The van der Waals surface area contributed by atoms with E-state index in [0.717, 1.165) is 18.8 Å². The van der Waals surface area contributed by atoms with E-state index in [0.29, 0.717) is 19.6 Å². The topological polar surface area (TPSA) is 55.8 Å². The summed E-state index contributed by atoms with van der Waals surface area (Å²) < 4.78 is 10.9. The van der Waals surface area contributed by atoms with Crippen LogP contribution in [0.3, 0.4) is 0 Å². The molecule has 19 heavy (non-hydrogen) atoms. The lowest BCUT2D eigenvalue weighted by molar-refractivity contribution is -0.144. The monoisotopic (exact) mass is 262 g/mol. The van der Waals surface area contributed by atoms with Crippen LogP contribution < -0.4 is 4.74 Å². The number of ether oxygens (including phenoxy) is 2. The summed E-state index contributed by atoms with van der Waals surface area (Å²) in [6, 6.07) is 6.23. The highest BCUT2D eigenvalue weighted by Gasteiger charge is 2.43. The molecule has 0 bridgehead atoms. The second-order valence-corrected chi connectivity index (χ2v) is 5.64. The Hall–Kier alpha value is -1.55. The van der Waals surface area contributed by atoms with Gasteiger partial charge in [-0.1, -0.05) is 19.1 Å². The quantitative estimate of drug-likeness (QED) is 0.901. The van der Waals surface area contributed by atoms with Gasteiger partial charge in [0.1, 0.15) is 5.75 Å². The van der Waals surface area contributed by atoms with Crippen LogP contribution in [0.15, 0.2) is 18.2 Å². The van der Waals surface area contributed by atoms with E-state index >= 15 is 0 Å². The van der Waals surface area contributed by atoms with Gasteiger partial charge >= 0.3 is 5.97 Å². The summed E-state index contributed by atoms with van der Waals surface area (Å²) in [5, 5.41) is 9.11. The van der Waals surface area contributed by atoms with Crippen molar-refractivity contribution in [1.29, 1.82) is 0 Å². The van der Waals surface area contributed by atoms with Gasteiger partial charge in [-0.25, -0.2) is 0 Å². The molecule has 1 atom stereocenters. The highest BCUT2D eigenvalue weighted by atomic mass is 16.5. The first-order valence-electron chi connectivity index (χ1n) is 6.67. The minimum Gasteiger partial charge on any atom is -0.493 e. The number of benzene rings is 1. The first-order chi connectivity index (χ1) is 9.11. The number of aliphatic carboxylic acids is 1. The highest BCUT2D eigenvalue weighted by molar-refractivity contribution is 5.69. The van der Waals surface area contributed by atoms with Crippen LogP contribution >= 0.6 is 0 Å². The van der Waals surface area contributed by atoms with Gasteiger partial charge in [-0.05, 0) is 23.6 Å². The highest BCUT2D eigenvalue weighted by Crippen LogP contribution is 2.40. The molecule has 4 nitrogen and oxygen atoms in total. The SMILES string of the molecule is CC(CC1(c2ccc3c(c2)CCO3)COC1)C(=O)O. The lowest BCUT2D eigenvalue weighted by Crippen LogP contribution is -2.48. The predicted octanol–water partition coefficient (Wildman–Crippen LogP) is 2.00. The summed E-state index contributed by atoms with van der Waals surface area (Å²) in [7, 11) is 0. The summed E-state index contributed by atoms with van der Waals surface area (Å²) in [5.74, 6) is -0.130. The molecule has 1 aromatic carbocycles. The zero-order valence-electron chi connectivity index (χ0n) is 11.0. The normalized spacial score (nSPS) is 21.1. The van der Waals surface area contributed by atoms with Crippen molar-refractivity contribution >= 4 is 5.97 Å². The van der Waals surface area contributed by atoms with Crippen molar-refractivity contribution in [2.45, 2.75) is 25.2 Å². The lowest BCUT2D eigenvalue weighted by atomic mass is 9.72. The zero-order chi connectivity index (χ0) is 13.5. The summed E-state index contributed by atoms with van der Waals surface area (Å²) in [4.78, 5) is 11.1. The number of fused-ring (bicyclic) bond motifs is 1. The number of hydrogen-bond acceptors (Lipinski definition) is 3. The Bertz CT molecular complexity index is 505. The number of carboxylic acid groups (broad SMARTS) is 1. The fraction of sp³-hybridized carbons (Fsp3) is 0.533. The van der Waals surface area contributed by atoms with Crippen molar-refractivity contribution in [3.63, 3.8) is 0 Å². The van der Waals surface area contributed by atoms with Crippen LogP contribution in [0.1, 0.15) is 24.5 Å². The van der Waals surface area contributed by atoms with E-state index < -0.39 is 5.97 Å². The standard InChI is InChI=1S/C15H18O4/c1-10(14(16)17)7-15(8-18-9-15)12-2-3-13-11(6-12)4-5-19-13/h2-3,6,10H,4-5,7-9H2,1H3,(H,16,17). The van der Waals surface area contributed by atoms with Gasteiger partial charge in [-0.15, -0.1) is 0 Å². The van der Waals surface area contributed by atoms with Crippen molar-refractivity contribution in [2.24, 2.45) is 5.92 Å². The van der Waals surface area contributed by atoms with E-state index in [-0.39, 0.29) is 11.3 Å². The Kier molecular flexibility index (Phi) is 2.97. The van der Waals surface area contributed by atoms with Crippen LogP contribution in [0.5, 0.6) is 5.75 Å². The molecular weight excluding hydrogens is 244 g/mol. The van der Waals surface area contributed by atoms with Gasteiger partial charge in [0.2, 0.25) is 0 Å². The molecular formula is C15H18O4. The Morgan fingerprint density at radius 1 is 1.47 bits per heavy atom. The van der Waals surface area contributed by atoms with Crippen LogP contribution in [0.2, 0.25) is 0 Å². The maximum Gasteiger partial charge on any atom is 0.306 e. The molecule has 0 radical (unpaired) electrons. The Morgan fingerprint density at radius 2 is 2.26 bits per heavy atom. The fourth-order valence-corrected chi connectivity index (χ4v) is 2.94. The van der Waals surface area contributed by atoms with E-state index in [4.69, 9.17) is 14.6 Å². The maximum absolute atomic E-state index is 11.1. The van der Waals surface area contributed by atoms with E-state index in [1.54, 1.807) is 6.92 Å².